The fourth-order valence-electron chi connectivity index (χ4n) is 1.91. The standard InChI is InChI=1S/C16H12F3NO4/c17-16(18,19)9-24-13-8-4-3-7-12(13)20-14(21)10-5-1-2-6-11(10)15(22)23/h1-8H,9H2,(H,20,21)(H,22,23). The highest BCUT2D eigenvalue weighted by molar-refractivity contribution is 6.11. The SMILES string of the molecule is O=C(O)c1ccccc1C(=O)Nc1ccccc1OCC(F)(F)F. The molecule has 0 saturated carbocycles. The van der Waals surface area contributed by atoms with E-state index >= 15 is 0 Å². The van der Waals surface area contributed by atoms with E-state index in [2.05, 4.69) is 10.1 Å². The van der Waals surface area contributed by atoms with Crippen LogP contribution in [0.4, 0.5) is 18.9 Å². The van der Waals surface area contributed by atoms with Gasteiger partial charge in [-0.2, -0.15) is 13.2 Å². The van der Waals surface area contributed by atoms with E-state index in [1.165, 1.54) is 48.5 Å². The first kappa shape index (κ1) is 17.3. The molecule has 0 aliphatic heterocycles. The maximum atomic E-state index is 12.3. The summed E-state index contributed by atoms with van der Waals surface area (Å²) in [5, 5.41) is 11.4. The minimum Gasteiger partial charge on any atom is -0.482 e. The van der Waals surface area contributed by atoms with E-state index in [1.807, 2.05) is 0 Å². The van der Waals surface area contributed by atoms with Crippen molar-refractivity contribution in [3.8, 4) is 5.75 Å². The molecule has 126 valence electrons. The van der Waals surface area contributed by atoms with Gasteiger partial charge in [0.05, 0.1) is 16.8 Å². The average Bonchev–Trinajstić information content (AvgIpc) is 2.53. The molecule has 0 fully saturated rings. The first-order valence-corrected chi connectivity index (χ1v) is 6.70. The zero-order valence-corrected chi connectivity index (χ0v) is 12.1. The third kappa shape index (κ3) is 4.48. The van der Waals surface area contributed by atoms with E-state index in [9.17, 15) is 22.8 Å². The molecule has 0 saturated heterocycles. The molecule has 0 bridgehead atoms. The number of benzene rings is 2. The third-order valence-electron chi connectivity index (χ3n) is 2.93. The van der Waals surface area contributed by atoms with Crippen LogP contribution in [0.3, 0.4) is 0 Å². The number of para-hydroxylation sites is 2. The Bertz CT molecular complexity index is 759. The van der Waals surface area contributed by atoms with Crippen molar-refractivity contribution in [2.24, 2.45) is 0 Å². The number of hydrogen-bond donors (Lipinski definition) is 2. The Balaban J connectivity index is 2.23. The van der Waals surface area contributed by atoms with Crippen molar-refractivity contribution in [2.75, 3.05) is 11.9 Å². The van der Waals surface area contributed by atoms with E-state index in [1.54, 1.807) is 0 Å². The van der Waals surface area contributed by atoms with Gasteiger partial charge < -0.3 is 15.2 Å². The Kier molecular flexibility index (Phi) is 5.08. The number of anilines is 1. The number of carboxylic acid groups (broad SMARTS) is 1. The van der Waals surface area contributed by atoms with Crippen molar-refractivity contribution < 1.29 is 32.6 Å². The number of rotatable bonds is 5. The molecular formula is C16H12F3NO4. The lowest BCUT2D eigenvalue weighted by atomic mass is 10.1. The van der Waals surface area contributed by atoms with Crippen molar-refractivity contribution >= 4 is 17.6 Å². The number of aromatic carboxylic acids is 1. The quantitative estimate of drug-likeness (QED) is 0.873. The normalized spacial score (nSPS) is 11.0. The summed E-state index contributed by atoms with van der Waals surface area (Å²) in [6.07, 6.45) is -4.52. The lowest BCUT2D eigenvalue weighted by Crippen LogP contribution is -2.21. The van der Waals surface area contributed by atoms with Gasteiger partial charge in [-0.15, -0.1) is 0 Å². The average molecular weight is 339 g/mol. The van der Waals surface area contributed by atoms with Crippen LogP contribution in [-0.4, -0.2) is 29.8 Å². The van der Waals surface area contributed by atoms with Gasteiger partial charge in [-0.1, -0.05) is 24.3 Å². The second-order valence-electron chi connectivity index (χ2n) is 4.70. The highest BCUT2D eigenvalue weighted by atomic mass is 19.4. The number of nitrogens with one attached hydrogen (secondary N) is 1. The molecule has 2 aromatic rings. The molecule has 5 nitrogen and oxygen atoms in total. The van der Waals surface area contributed by atoms with Gasteiger partial charge in [0.25, 0.3) is 5.91 Å². The summed E-state index contributed by atoms with van der Waals surface area (Å²) in [5.74, 6) is -2.23. The van der Waals surface area contributed by atoms with Crippen molar-refractivity contribution in [3.63, 3.8) is 0 Å². The van der Waals surface area contributed by atoms with Crippen LogP contribution in [0, 0.1) is 0 Å². The van der Waals surface area contributed by atoms with Crippen molar-refractivity contribution in [3.05, 3.63) is 59.7 Å². The van der Waals surface area contributed by atoms with Gasteiger partial charge in [0, 0.05) is 0 Å². The fourth-order valence-corrected chi connectivity index (χ4v) is 1.91. The summed E-state index contributed by atoms with van der Waals surface area (Å²) in [6, 6.07) is 11.1. The van der Waals surface area contributed by atoms with E-state index < -0.39 is 24.7 Å². The first-order chi connectivity index (χ1) is 11.3. The Morgan fingerprint density at radius 3 is 2.21 bits per heavy atom. The van der Waals surface area contributed by atoms with Crippen molar-refractivity contribution in [1.82, 2.24) is 0 Å². The number of carbonyl (C=O) groups excluding carboxylic acids is 1. The molecule has 24 heavy (non-hydrogen) atoms. The van der Waals surface area contributed by atoms with Crippen LogP contribution in [0.15, 0.2) is 48.5 Å². The second-order valence-corrected chi connectivity index (χ2v) is 4.70. The topological polar surface area (TPSA) is 75.6 Å². The molecule has 0 spiro atoms. The number of halogens is 3. The summed E-state index contributed by atoms with van der Waals surface area (Å²) in [7, 11) is 0. The molecule has 1 amide bonds. The summed E-state index contributed by atoms with van der Waals surface area (Å²) < 4.78 is 41.5. The Hall–Kier alpha value is -3.03. The summed E-state index contributed by atoms with van der Waals surface area (Å²) in [5.41, 5.74) is -0.328. The summed E-state index contributed by atoms with van der Waals surface area (Å²) in [6.45, 7) is -1.51. The monoisotopic (exact) mass is 339 g/mol. The van der Waals surface area contributed by atoms with E-state index in [-0.39, 0.29) is 22.6 Å². The Morgan fingerprint density at radius 2 is 1.58 bits per heavy atom. The molecule has 0 aliphatic carbocycles. The molecule has 2 rings (SSSR count). The van der Waals surface area contributed by atoms with Gasteiger partial charge in [0.2, 0.25) is 0 Å². The zero-order valence-electron chi connectivity index (χ0n) is 12.1. The first-order valence-electron chi connectivity index (χ1n) is 6.70. The molecule has 0 atom stereocenters. The van der Waals surface area contributed by atoms with Gasteiger partial charge in [-0.05, 0) is 24.3 Å². The maximum absolute atomic E-state index is 12.3. The summed E-state index contributed by atoms with van der Waals surface area (Å²) in [4.78, 5) is 23.4. The molecular weight excluding hydrogens is 327 g/mol. The second kappa shape index (κ2) is 7.03. The molecule has 0 radical (unpaired) electrons. The Morgan fingerprint density at radius 1 is 1.00 bits per heavy atom. The van der Waals surface area contributed by atoms with Crippen LogP contribution in [0.2, 0.25) is 0 Å². The minimum atomic E-state index is -4.52. The van der Waals surface area contributed by atoms with Crippen molar-refractivity contribution in [2.45, 2.75) is 6.18 Å². The molecule has 2 N–H and O–H groups in total. The molecule has 0 aromatic heterocycles. The van der Waals surface area contributed by atoms with Gasteiger partial charge in [0.15, 0.2) is 6.61 Å². The highest BCUT2D eigenvalue weighted by Crippen LogP contribution is 2.27. The van der Waals surface area contributed by atoms with Crippen molar-refractivity contribution in [1.29, 1.82) is 0 Å². The molecule has 0 unspecified atom stereocenters. The van der Waals surface area contributed by atoms with Gasteiger partial charge in [-0.25, -0.2) is 4.79 Å². The Labute approximate surface area is 134 Å². The largest absolute Gasteiger partial charge is 0.482 e. The number of carboxylic acids is 1. The number of amides is 1. The van der Waals surface area contributed by atoms with Crippen LogP contribution < -0.4 is 10.1 Å². The number of carbonyl (C=O) groups is 2. The van der Waals surface area contributed by atoms with Gasteiger partial charge in [0.1, 0.15) is 5.75 Å². The smallest absolute Gasteiger partial charge is 0.422 e. The van der Waals surface area contributed by atoms with E-state index in [4.69, 9.17) is 5.11 Å². The third-order valence-corrected chi connectivity index (χ3v) is 2.93. The van der Waals surface area contributed by atoms with E-state index in [0.717, 1.165) is 0 Å². The highest BCUT2D eigenvalue weighted by Gasteiger charge is 2.29. The van der Waals surface area contributed by atoms with Crippen LogP contribution in [0.25, 0.3) is 0 Å². The number of alkyl halides is 3. The molecule has 2 aromatic carbocycles. The van der Waals surface area contributed by atoms with Gasteiger partial charge in [-0.3, -0.25) is 4.79 Å². The fraction of sp³-hybridized carbons (Fsp3) is 0.125. The van der Waals surface area contributed by atoms with Crippen LogP contribution in [0.1, 0.15) is 20.7 Å². The molecule has 0 aliphatic rings. The minimum absolute atomic E-state index is 0.00643. The van der Waals surface area contributed by atoms with Crippen LogP contribution >= 0.6 is 0 Å². The lowest BCUT2D eigenvalue weighted by molar-refractivity contribution is -0.153. The lowest BCUT2D eigenvalue weighted by Gasteiger charge is -2.14. The molecule has 8 heteroatoms. The van der Waals surface area contributed by atoms with Crippen LogP contribution in [-0.2, 0) is 0 Å². The maximum Gasteiger partial charge on any atom is 0.422 e. The number of hydrogen-bond acceptors (Lipinski definition) is 3. The van der Waals surface area contributed by atoms with E-state index in [0.29, 0.717) is 0 Å². The molecule has 0 heterocycles. The zero-order chi connectivity index (χ0) is 17.7. The van der Waals surface area contributed by atoms with Gasteiger partial charge >= 0.3 is 12.1 Å². The number of ether oxygens (including phenoxy) is 1. The predicted molar refractivity (Wildman–Crippen MR) is 79.3 cm³/mol. The summed E-state index contributed by atoms with van der Waals surface area (Å²) >= 11 is 0. The predicted octanol–water partition coefficient (Wildman–Crippen LogP) is 3.58. The van der Waals surface area contributed by atoms with Crippen LogP contribution in [0.5, 0.6) is 5.75 Å².